The van der Waals surface area contributed by atoms with E-state index in [4.69, 9.17) is 38.2 Å². The summed E-state index contributed by atoms with van der Waals surface area (Å²) in [5.74, 6) is -9.06. The van der Waals surface area contributed by atoms with Crippen molar-refractivity contribution in [3.63, 3.8) is 0 Å². The van der Waals surface area contributed by atoms with E-state index >= 15 is 0 Å². The average molecular weight is 648 g/mol. The van der Waals surface area contributed by atoms with E-state index < -0.39 is 66.2 Å². The normalized spacial score (nSPS) is 12.6. The van der Waals surface area contributed by atoms with E-state index in [9.17, 15) is 42.3 Å². The fourth-order valence-electron chi connectivity index (χ4n) is 3.38. The number of nitrogen functional groups attached to an aromatic ring is 1. The molecule has 13 N–H and O–H groups in total. The summed E-state index contributed by atoms with van der Waals surface area (Å²) in [6.07, 6.45) is -5.63. The van der Waals surface area contributed by atoms with E-state index in [0.29, 0.717) is 11.1 Å². The van der Waals surface area contributed by atoms with Crippen LogP contribution in [0.4, 0.5) is 13.2 Å². The lowest BCUT2D eigenvalue weighted by Crippen LogP contribution is -2.55. The molecule has 0 fully saturated rings. The number of halogens is 3. The molecular formula is C25H36F3N9O8. The summed E-state index contributed by atoms with van der Waals surface area (Å²) >= 11 is 0. The van der Waals surface area contributed by atoms with Crippen LogP contribution in [0, 0.1) is 11.3 Å². The number of hydrogen-bond donors (Lipinski definition) is 9. The standard InChI is InChI=1S/C23H35N9O6.C2HF3O2/c1-32(2)22(38)14(10-12-5-7-13(8-6-12)18(24)25)20(36)31-16(11-17(33)34)21(37)30-15(19(26)35)4-3-9-29-23(27)28;3-2(4,5)1(6)7/h5-8,14-16H,3-4,9-11H2,1-2H3,(H3,24,25)(H2,26,35)(H,30,37)(H,31,36)(H,33,34)(H4,27,28,29);(H,6,7)/t14?,15-,16-;/m0./s1. The molecule has 20 heteroatoms. The first-order chi connectivity index (χ1) is 20.7. The molecule has 1 unspecified atom stereocenters. The van der Waals surface area contributed by atoms with Crippen LogP contribution in [-0.2, 0) is 35.2 Å². The fraction of sp³-hybridized carbons (Fsp3) is 0.440. The molecule has 1 rings (SSSR count). The number of benzene rings is 1. The van der Waals surface area contributed by atoms with Gasteiger partial charge in [0.1, 0.15) is 23.8 Å². The molecule has 1 aromatic carbocycles. The smallest absolute Gasteiger partial charge is 0.481 e. The fourth-order valence-corrected chi connectivity index (χ4v) is 3.38. The zero-order valence-corrected chi connectivity index (χ0v) is 24.3. The Balaban J connectivity index is 0.00000246. The number of carboxylic acids is 2. The van der Waals surface area contributed by atoms with Crippen LogP contribution in [-0.4, -0.2) is 101 Å². The van der Waals surface area contributed by atoms with E-state index in [1.165, 1.54) is 19.0 Å². The zero-order chi connectivity index (χ0) is 35.1. The maximum Gasteiger partial charge on any atom is 0.490 e. The number of nitrogens with two attached hydrogens (primary N) is 4. The number of hydrogen-bond acceptors (Lipinski definition) is 8. The molecule has 4 amide bonds. The Hall–Kier alpha value is -5.43. The maximum absolute atomic E-state index is 13.1. The molecule has 0 saturated carbocycles. The van der Waals surface area contributed by atoms with Crippen LogP contribution >= 0.6 is 0 Å². The third kappa shape index (κ3) is 15.6. The van der Waals surface area contributed by atoms with Gasteiger partial charge in [-0.05, 0) is 24.8 Å². The van der Waals surface area contributed by atoms with E-state index in [0.717, 1.165) is 0 Å². The lowest BCUT2D eigenvalue weighted by molar-refractivity contribution is -0.192. The molecule has 0 saturated heterocycles. The van der Waals surface area contributed by atoms with Crippen LogP contribution < -0.4 is 33.6 Å². The predicted octanol–water partition coefficient (Wildman–Crippen LogP) is -2.17. The second kappa shape index (κ2) is 18.3. The number of amides is 4. The molecule has 17 nitrogen and oxygen atoms in total. The number of guanidine groups is 1. The zero-order valence-electron chi connectivity index (χ0n) is 24.3. The van der Waals surface area contributed by atoms with Gasteiger partial charge in [-0.25, -0.2) is 4.79 Å². The number of nitrogens with zero attached hydrogens (tertiary/aromatic N) is 2. The molecule has 3 atom stereocenters. The number of nitrogens with one attached hydrogen (secondary N) is 3. The number of aliphatic imine (C=N–C) groups is 1. The Bertz CT molecular complexity index is 1270. The molecule has 250 valence electrons. The molecule has 0 aromatic heterocycles. The second-order valence-corrected chi connectivity index (χ2v) is 9.47. The number of carboxylic acid groups (broad SMARTS) is 2. The minimum atomic E-state index is -5.08. The number of amidine groups is 1. The number of carbonyl (C=O) groups excluding carboxylic acids is 4. The number of aliphatic carboxylic acids is 2. The number of primary amides is 1. The van der Waals surface area contributed by atoms with E-state index in [1.54, 1.807) is 24.3 Å². The van der Waals surface area contributed by atoms with Crippen LogP contribution in [0.2, 0.25) is 0 Å². The minimum absolute atomic E-state index is 0.0591. The lowest BCUT2D eigenvalue weighted by Gasteiger charge is -2.24. The minimum Gasteiger partial charge on any atom is -0.481 e. The maximum atomic E-state index is 13.1. The molecule has 0 heterocycles. The molecular weight excluding hydrogens is 611 g/mol. The van der Waals surface area contributed by atoms with Crippen molar-refractivity contribution in [1.29, 1.82) is 5.41 Å². The first-order valence-corrected chi connectivity index (χ1v) is 12.8. The van der Waals surface area contributed by atoms with Crippen molar-refractivity contribution in [3.05, 3.63) is 35.4 Å². The third-order valence-corrected chi connectivity index (χ3v) is 5.62. The Morgan fingerprint density at radius 2 is 1.44 bits per heavy atom. The summed E-state index contributed by atoms with van der Waals surface area (Å²) in [6.45, 7) is 0.166. The highest BCUT2D eigenvalue weighted by Gasteiger charge is 2.38. The number of carbonyl (C=O) groups is 6. The summed E-state index contributed by atoms with van der Waals surface area (Å²) in [4.78, 5) is 75.9. The predicted molar refractivity (Wildman–Crippen MR) is 152 cm³/mol. The highest BCUT2D eigenvalue weighted by atomic mass is 19.4. The molecule has 0 bridgehead atoms. The van der Waals surface area contributed by atoms with E-state index in [-0.39, 0.29) is 37.6 Å². The Morgan fingerprint density at radius 1 is 0.933 bits per heavy atom. The molecule has 1 aromatic rings. The largest absolute Gasteiger partial charge is 0.490 e. The van der Waals surface area contributed by atoms with Crippen LogP contribution in [0.15, 0.2) is 29.3 Å². The van der Waals surface area contributed by atoms with Gasteiger partial charge in [-0.2, -0.15) is 13.2 Å². The SMILES string of the molecule is CN(C)C(=O)C(Cc1ccc(C(=N)N)cc1)C(=O)N[C@@H](CC(=O)O)C(=O)N[C@@H](CCCN=C(N)N)C(N)=O.O=C(O)C(F)(F)F. The third-order valence-electron chi connectivity index (χ3n) is 5.62. The van der Waals surface area contributed by atoms with Gasteiger partial charge < -0.3 is 48.7 Å². The van der Waals surface area contributed by atoms with E-state index in [1.807, 2.05) is 0 Å². The summed E-state index contributed by atoms with van der Waals surface area (Å²) in [5, 5.41) is 28.6. The molecule has 0 aliphatic carbocycles. The van der Waals surface area contributed by atoms with Gasteiger partial charge in [0.05, 0.1) is 6.42 Å². The van der Waals surface area contributed by atoms with Gasteiger partial charge in [0.15, 0.2) is 5.96 Å². The van der Waals surface area contributed by atoms with Crippen molar-refractivity contribution in [2.24, 2.45) is 33.8 Å². The van der Waals surface area contributed by atoms with Crippen LogP contribution in [0.25, 0.3) is 0 Å². The summed E-state index contributed by atoms with van der Waals surface area (Å²) < 4.78 is 31.7. The average Bonchev–Trinajstić information content (AvgIpc) is 2.91. The first kappa shape index (κ1) is 39.6. The Labute approximate surface area is 254 Å². The monoisotopic (exact) mass is 647 g/mol. The van der Waals surface area contributed by atoms with Gasteiger partial charge in [0.25, 0.3) is 0 Å². The van der Waals surface area contributed by atoms with Crippen molar-refractivity contribution in [2.75, 3.05) is 20.6 Å². The highest BCUT2D eigenvalue weighted by Crippen LogP contribution is 2.15. The van der Waals surface area contributed by atoms with Gasteiger partial charge in [-0.1, -0.05) is 24.3 Å². The van der Waals surface area contributed by atoms with Gasteiger partial charge in [0, 0.05) is 26.2 Å². The quantitative estimate of drug-likeness (QED) is 0.0427. The van der Waals surface area contributed by atoms with Gasteiger partial charge in [-0.3, -0.25) is 34.4 Å². The number of rotatable bonds is 15. The van der Waals surface area contributed by atoms with Gasteiger partial charge in [0.2, 0.25) is 23.6 Å². The van der Waals surface area contributed by atoms with E-state index in [2.05, 4.69) is 15.6 Å². The van der Waals surface area contributed by atoms with Crippen molar-refractivity contribution in [1.82, 2.24) is 15.5 Å². The van der Waals surface area contributed by atoms with Crippen LogP contribution in [0.1, 0.15) is 30.4 Å². The van der Waals surface area contributed by atoms with Crippen molar-refractivity contribution >= 4 is 47.4 Å². The molecule has 45 heavy (non-hydrogen) atoms. The topological polar surface area (TPSA) is 310 Å². The van der Waals surface area contributed by atoms with Crippen molar-refractivity contribution < 1.29 is 52.2 Å². The lowest BCUT2D eigenvalue weighted by atomic mass is 9.95. The van der Waals surface area contributed by atoms with Crippen LogP contribution in [0.5, 0.6) is 0 Å². The summed E-state index contributed by atoms with van der Waals surface area (Å²) in [5.41, 5.74) is 22.3. The molecule has 0 aliphatic rings. The van der Waals surface area contributed by atoms with Crippen molar-refractivity contribution in [2.45, 2.75) is 43.9 Å². The van der Waals surface area contributed by atoms with Crippen LogP contribution in [0.3, 0.4) is 0 Å². The van der Waals surface area contributed by atoms with Crippen molar-refractivity contribution in [3.8, 4) is 0 Å². The molecule has 0 radical (unpaired) electrons. The second-order valence-electron chi connectivity index (χ2n) is 9.47. The highest BCUT2D eigenvalue weighted by molar-refractivity contribution is 6.02. The number of alkyl halides is 3. The first-order valence-electron chi connectivity index (χ1n) is 12.8. The van der Waals surface area contributed by atoms with Gasteiger partial charge >= 0.3 is 18.1 Å². The summed E-state index contributed by atoms with van der Waals surface area (Å²) in [6, 6.07) is 3.54. The molecule has 0 spiro atoms. The summed E-state index contributed by atoms with van der Waals surface area (Å²) in [7, 11) is 2.89. The Morgan fingerprint density at radius 3 is 1.84 bits per heavy atom. The van der Waals surface area contributed by atoms with Gasteiger partial charge in [-0.15, -0.1) is 0 Å². The Kier molecular flexibility index (Phi) is 16.1. The molecule has 0 aliphatic heterocycles.